The maximum absolute atomic E-state index is 11.9. The fourth-order valence-electron chi connectivity index (χ4n) is 5.01. The van der Waals surface area contributed by atoms with Crippen LogP contribution in [0.5, 0.6) is 0 Å². The topological polar surface area (TPSA) is 150 Å². The molecule has 13 heteroatoms. The Morgan fingerprint density at radius 3 is 2.21 bits per heavy atom. The summed E-state index contributed by atoms with van der Waals surface area (Å²) in [5.74, 6) is 1.17. The van der Waals surface area contributed by atoms with Gasteiger partial charge in [-0.05, 0) is 69.0 Å². The number of ether oxygens (including phenoxy) is 5. The summed E-state index contributed by atoms with van der Waals surface area (Å²) in [5.41, 5.74) is 2.40. The van der Waals surface area contributed by atoms with Crippen LogP contribution in [-0.2, 0) is 41.3 Å². The molecule has 3 rings (SSSR count). The molecule has 0 saturated carbocycles. The van der Waals surface area contributed by atoms with Crippen molar-refractivity contribution < 1.29 is 38.1 Å². The number of carbonyl (C=O) groups is 1. The first-order valence-electron chi connectivity index (χ1n) is 17.2. The summed E-state index contributed by atoms with van der Waals surface area (Å²) < 4.78 is 32.9. The van der Waals surface area contributed by atoms with Crippen LogP contribution in [-0.4, -0.2) is 124 Å². The smallest absolute Gasteiger partial charge is 0.326 e. The third-order valence-electron chi connectivity index (χ3n) is 7.78. The lowest BCUT2D eigenvalue weighted by Gasteiger charge is -2.24. The van der Waals surface area contributed by atoms with Gasteiger partial charge >= 0.3 is 5.97 Å². The molecule has 0 aromatic carbocycles. The maximum Gasteiger partial charge on any atom is 0.326 e. The Hall–Kier alpha value is -2.81. The molecule has 47 heavy (non-hydrogen) atoms. The third kappa shape index (κ3) is 17.8. The highest BCUT2D eigenvalue weighted by atomic mass is 16.6. The molecule has 0 radical (unpaired) electrons. The van der Waals surface area contributed by atoms with Crippen molar-refractivity contribution in [3.05, 3.63) is 35.7 Å². The van der Waals surface area contributed by atoms with Crippen LogP contribution in [0, 0.1) is 5.92 Å². The van der Waals surface area contributed by atoms with E-state index in [0.29, 0.717) is 90.7 Å². The number of fused-ring (bicyclic) bond motifs is 1. The first kappa shape index (κ1) is 38.6. The van der Waals surface area contributed by atoms with E-state index in [1.54, 1.807) is 6.07 Å². The van der Waals surface area contributed by atoms with Crippen LogP contribution in [0.25, 0.3) is 0 Å². The molecule has 3 N–H and O–H groups in total. The van der Waals surface area contributed by atoms with E-state index in [1.807, 2.05) is 0 Å². The molecule has 0 aliphatic carbocycles. The van der Waals surface area contributed by atoms with Crippen molar-refractivity contribution in [3.8, 4) is 0 Å². The van der Waals surface area contributed by atoms with E-state index in [9.17, 15) is 9.90 Å². The minimum Gasteiger partial charge on any atom is -0.480 e. The molecule has 1 atom stereocenters. The summed E-state index contributed by atoms with van der Waals surface area (Å²) in [5, 5.41) is 19.9. The molecular formula is C34H57N5O8. The van der Waals surface area contributed by atoms with E-state index < -0.39 is 12.0 Å². The quantitative estimate of drug-likeness (QED) is 0.107. The average Bonchev–Trinajstić information content (AvgIpc) is 3.59. The van der Waals surface area contributed by atoms with Crippen molar-refractivity contribution in [3.63, 3.8) is 0 Å². The van der Waals surface area contributed by atoms with E-state index in [4.69, 9.17) is 33.2 Å². The van der Waals surface area contributed by atoms with Crippen molar-refractivity contribution in [1.82, 2.24) is 15.0 Å². The Kier molecular flexibility index (Phi) is 20.0. The minimum absolute atomic E-state index is 0.413. The van der Waals surface area contributed by atoms with Gasteiger partial charge in [0.2, 0.25) is 0 Å². The molecule has 0 amide bonds. The van der Waals surface area contributed by atoms with Gasteiger partial charge in [-0.15, -0.1) is 0 Å². The van der Waals surface area contributed by atoms with Gasteiger partial charge < -0.3 is 48.8 Å². The molecule has 0 bridgehead atoms. The lowest BCUT2D eigenvalue weighted by molar-refractivity contribution is -0.138. The summed E-state index contributed by atoms with van der Waals surface area (Å²) in [6, 6.07) is 5.18. The van der Waals surface area contributed by atoms with Crippen molar-refractivity contribution in [2.75, 3.05) is 103 Å². The first-order chi connectivity index (χ1) is 23.0. The molecule has 2 aromatic heterocycles. The van der Waals surface area contributed by atoms with E-state index in [0.717, 1.165) is 69.7 Å². The number of aromatic nitrogens is 2. The number of hydrogen-bond donors (Lipinski definition) is 3. The van der Waals surface area contributed by atoms with Crippen LogP contribution in [0.4, 0.5) is 11.6 Å². The lowest BCUT2D eigenvalue weighted by atomic mass is 10.1. The van der Waals surface area contributed by atoms with Gasteiger partial charge in [-0.25, -0.2) is 9.78 Å². The predicted octanol–water partition coefficient (Wildman–Crippen LogP) is 4.14. The Morgan fingerprint density at radius 2 is 1.57 bits per heavy atom. The third-order valence-corrected chi connectivity index (χ3v) is 7.78. The van der Waals surface area contributed by atoms with Crippen LogP contribution >= 0.6 is 0 Å². The van der Waals surface area contributed by atoms with Gasteiger partial charge in [-0.3, -0.25) is 0 Å². The largest absolute Gasteiger partial charge is 0.480 e. The second-order valence-electron chi connectivity index (χ2n) is 12.1. The number of aliphatic carboxylic acids is 1. The Balaban J connectivity index is 1.26. The summed E-state index contributed by atoms with van der Waals surface area (Å²) in [6.07, 6.45) is 8.02. The fraction of sp³-hybridized carbons (Fsp3) is 0.735. The van der Waals surface area contributed by atoms with Gasteiger partial charge in [-0.2, -0.15) is 0 Å². The Morgan fingerprint density at radius 1 is 0.894 bits per heavy atom. The number of carboxylic acid groups (broad SMARTS) is 1. The van der Waals surface area contributed by atoms with Crippen LogP contribution in [0.3, 0.4) is 0 Å². The molecule has 3 heterocycles. The van der Waals surface area contributed by atoms with Gasteiger partial charge in [0.15, 0.2) is 5.82 Å². The normalized spacial score (nSPS) is 13.5. The monoisotopic (exact) mass is 663 g/mol. The first-order valence-corrected chi connectivity index (χ1v) is 17.2. The molecular weight excluding hydrogens is 606 g/mol. The summed E-state index contributed by atoms with van der Waals surface area (Å²) >= 11 is 0. The summed E-state index contributed by atoms with van der Waals surface area (Å²) in [4.78, 5) is 19.0. The fourth-order valence-corrected chi connectivity index (χ4v) is 5.01. The summed E-state index contributed by atoms with van der Waals surface area (Å²) in [6.45, 7) is 13.0. The zero-order valence-corrected chi connectivity index (χ0v) is 28.5. The highest BCUT2D eigenvalue weighted by Crippen LogP contribution is 2.20. The number of pyridine rings is 1. The number of rotatable bonds is 29. The van der Waals surface area contributed by atoms with Crippen molar-refractivity contribution in [1.29, 1.82) is 0 Å². The number of carboxylic acids is 1. The van der Waals surface area contributed by atoms with Gasteiger partial charge in [-0.1, -0.05) is 25.1 Å². The van der Waals surface area contributed by atoms with E-state index >= 15 is 0 Å². The molecule has 266 valence electrons. The van der Waals surface area contributed by atoms with Gasteiger partial charge in [0.1, 0.15) is 18.1 Å². The Bertz CT molecular complexity index is 1070. The zero-order chi connectivity index (χ0) is 33.4. The number of unbranched alkanes of at least 4 members (excludes halogenated alkanes) is 1. The number of anilines is 2. The van der Waals surface area contributed by atoms with Crippen molar-refractivity contribution in [2.45, 2.75) is 64.8 Å². The molecule has 0 fully saturated rings. The van der Waals surface area contributed by atoms with Crippen LogP contribution < -0.4 is 10.6 Å². The highest BCUT2D eigenvalue weighted by molar-refractivity contribution is 5.76. The van der Waals surface area contributed by atoms with Gasteiger partial charge in [0.05, 0.1) is 59.5 Å². The molecule has 0 saturated heterocycles. The number of hydrogen-bond acceptors (Lipinski definition) is 12. The Labute approximate surface area is 280 Å². The van der Waals surface area contributed by atoms with E-state index in [2.05, 4.69) is 46.7 Å². The zero-order valence-electron chi connectivity index (χ0n) is 28.5. The second kappa shape index (κ2) is 24.3. The molecule has 0 spiro atoms. The number of nitrogens with zero attached hydrogens (tertiary/aromatic N) is 3. The van der Waals surface area contributed by atoms with Crippen LogP contribution in [0.15, 0.2) is 29.0 Å². The second-order valence-corrected chi connectivity index (χ2v) is 12.1. The molecule has 1 aliphatic rings. The molecule has 13 nitrogen and oxygen atoms in total. The SMILES string of the molecule is CC(C)CCOCCOCCOCCOCCOCCN(CCCCc1ccc2c(n1)NCCC2)CC[C@H](Nc1ccon1)C(=O)O. The summed E-state index contributed by atoms with van der Waals surface area (Å²) in [7, 11) is 0. The van der Waals surface area contributed by atoms with E-state index in [1.165, 1.54) is 11.8 Å². The van der Waals surface area contributed by atoms with Crippen LogP contribution in [0.2, 0.25) is 0 Å². The lowest BCUT2D eigenvalue weighted by Crippen LogP contribution is -2.37. The number of nitrogens with one attached hydrogen (secondary N) is 2. The van der Waals surface area contributed by atoms with Crippen molar-refractivity contribution in [2.24, 2.45) is 5.92 Å². The van der Waals surface area contributed by atoms with Gasteiger partial charge in [0.25, 0.3) is 0 Å². The predicted molar refractivity (Wildman–Crippen MR) is 180 cm³/mol. The van der Waals surface area contributed by atoms with Crippen LogP contribution in [0.1, 0.15) is 57.2 Å². The average molecular weight is 664 g/mol. The van der Waals surface area contributed by atoms with Gasteiger partial charge in [0, 0.05) is 38.0 Å². The highest BCUT2D eigenvalue weighted by Gasteiger charge is 2.20. The molecule has 2 aromatic rings. The van der Waals surface area contributed by atoms with Crippen molar-refractivity contribution >= 4 is 17.6 Å². The maximum atomic E-state index is 11.9. The molecule has 0 unspecified atom stereocenters. The number of aryl methyl sites for hydroxylation is 2. The molecule has 1 aliphatic heterocycles. The van der Waals surface area contributed by atoms with E-state index in [-0.39, 0.29) is 0 Å². The standard InChI is InChI=1S/C34H57N5O8/c1-28(2)11-17-42-20-22-44-24-26-46-27-25-45-23-21-43-19-16-39(15-10-31(34(40)41)37-32-12-18-47-38-32)14-4-3-7-30-9-8-29-6-5-13-35-33(29)36-30/h8-9,12,18,28,31H,3-7,10-11,13-17,19-27H2,1-2H3,(H,35,36)(H,37,38)(H,40,41)/t31-/m0/s1. The minimum atomic E-state index is -0.924.